The van der Waals surface area contributed by atoms with E-state index in [4.69, 9.17) is 4.74 Å². The van der Waals surface area contributed by atoms with E-state index >= 15 is 0 Å². The van der Waals surface area contributed by atoms with Gasteiger partial charge in [0, 0.05) is 23.9 Å². The molecule has 2 nitrogen and oxygen atoms in total. The highest BCUT2D eigenvalue weighted by Gasteiger charge is 2.12. The van der Waals surface area contributed by atoms with E-state index in [9.17, 15) is 8.60 Å². The van der Waals surface area contributed by atoms with E-state index in [-0.39, 0.29) is 11.1 Å². The molecule has 0 fully saturated rings. The Hall–Kier alpha value is -0.740. The van der Waals surface area contributed by atoms with Gasteiger partial charge in [-0.25, -0.2) is 4.39 Å². The van der Waals surface area contributed by atoms with Crippen LogP contribution in [0.1, 0.15) is 13.3 Å². The Morgan fingerprint density at radius 1 is 1.40 bits per heavy atom. The molecule has 0 heterocycles. The first-order valence-electron chi connectivity index (χ1n) is 4.80. The predicted octanol–water partition coefficient (Wildman–Crippen LogP) is 2.36. The predicted molar refractivity (Wildman–Crippen MR) is 58.8 cm³/mol. The Labute approximate surface area is 91.9 Å². The number of benzene rings is 1. The molecular formula is C11H15FO2S. The molecule has 2 atom stereocenters. The quantitative estimate of drug-likeness (QED) is 0.776. The lowest BCUT2D eigenvalue weighted by Crippen LogP contribution is -2.13. The van der Waals surface area contributed by atoms with E-state index in [1.165, 1.54) is 12.1 Å². The molecule has 84 valence electrons. The van der Waals surface area contributed by atoms with Gasteiger partial charge in [0.15, 0.2) is 0 Å². The molecule has 4 heteroatoms. The molecule has 0 spiro atoms. The van der Waals surface area contributed by atoms with E-state index in [0.717, 1.165) is 6.42 Å². The molecule has 0 bridgehead atoms. The van der Waals surface area contributed by atoms with Gasteiger partial charge in [-0.2, -0.15) is 0 Å². The van der Waals surface area contributed by atoms with Crippen molar-refractivity contribution in [1.29, 1.82) is 0 Å². The van der Waals surface area contributed by atoms with Crippen LogP contribution in [0, 0.1) is 5.82 Å². The standard InChI is InChI=1S/C11H15FO2S/c1-9(7-8-14-2)15(13)11-5-3-10(12)4-6-11/h3-6,9H,7-8H2,1-2H3. The summed E-state index contributed by atoms with van der Waals surface area (Å²) in [5.41, 5.74) is 0. The van der Waals surface area contributed by atoms with Crippen LogP contribution in [0.5, 0.6) is 0 Å². The summed E-state index contributed by atoms with van der Waals surface area (Å²) >= 11 is 0. The number of rotatable bonds is 5. The Morgan fingerprint density at radius 2 is 2.00 bits per heavy atom. The average molecular weight is 230 g/mol. The third kappa shape index (κ3) is 3.72. The fraction of sp³-hybridized carbons (Fsp3) is 0.455. The van der Waals surface area contributed by atoms with E-state index in [1.807, 2.05) is 6.92 Å². The highest BCUT2D eigenvalue weighted by atomic mass is 32.2. The van der Waals surface area contributed by atoms with Crippen molar-refractivity contribution >= 4 is 10.8 Å². The molecule has 0 N–H and O–H groups in total. The minimum absolute atomic E-state index is 0.0235. The van der Waals surface area contributed by atoms with Gasteiger partial charge in [0.1, 0.15) is 5.82 Å². The zero-order chi connectivity index (χ0) is 11.3. The molecule has 0 radical (unpaired) electrons. The van der Waals surface area contributed by atoms with E-state index in [1.54, 1.807) is 19.2 Å². The van der Waals surface area contributed by atoms with Crippen molar-refractivity contribution in [3.63, 3.8) is 0 Å². The maximum atomic E-state index is 12.6. The Balaban J connectivity index is 2.63. The fourth-order valence-electron chi connectivity index (χ4n) is 1.19. The van der Waals surface area contributed by atoms with Gasteiger partial charge < -0.3 is 4.74 Å². The first kappa shape index (κ1) is 12.3. The number of hydrogen-bond donors (Lipinski definition) is 0. The molecule has 1 aromatic rings. The van der Waals surface area contributed by atoms with Gasteiger partial charge in [-0.1, -0.05) is 6.92 Å². The highest BCUT2D eigenvalue weighted by molar-refractivity contribution is 7.85. The number of halogens is 1. The lowest BCUT2D eigenvalue weighted by molar-refractivity contribution is 0.195. The fourth-order valence-corrected chi connectivity index (χ4v) is 2.37. The molecule has 0 aliphatic carbocycles. The van der Waals surface area contributed by atoms with Crippen molar-refractivity contribution in [2.45, 2.75) is 23.5 Å². The molecule has 0 amide bonds. The van der Waals surface area contributed by atoms with Crippen molar-refractivity contribution in [3.05, 3.63) is 30.1 Å². The topological polar surface area (TPSA) is 26.3 Å². The molecule has 15 heavy (non-hydrogen) atoms. The lowest BCUT2D eigenvalue weighted by atomic mass is 10.3. The monoisotopic (exact) mass is 230 g/mol. The highest BCUT2D eigenvalue weighted by Crippen LogP contribution is 2.14. The summed E-state index contributed by atoms with van der Waals surface area (Å²) in [4.78, 5) is 0.667. The van der Waals surface area contributed by atoms with Gasteiger partial charge in [0.25, 0.3) is 0 Å². The second kappa shape index (κ2) is 5.98. The van der Waals surface area contributed by atoms with Crippen molar-refractivity contribution in [1.82, 2.24) is 0 Å². The summed E-state index contributed by atoms with van der Waals surface area (Å²) in [6.07, 6.45) is 0.737. The zero-order valence-electron chi connectivity index (χ0n) is 8.90. The summed E-state index contributed by atoms with van der Waals surface area (Å²) < 4.78 is 29.5. The van der Waals surface area contributed by atoms with Gasteiger partial charge >= 0.3 is 0 Å². The van der Waals surface area contributed by atoms with Crippen molar-refractivity contribution in [2.75, 3.05) is 13.7 Å². The molecule has 1 rings (SSSR count). The molecule has 0 aliphatic rings. The van der Waals surface area contributed by atoms with Gasteiger partial charge in [-0.3, -0.25) is 4.21 Å². The van der Waals surface area contributed by atoms with Crippen LogP contribution in [0.3, 0.4) is 0 Å². The summed E-state index contributed by atoms with van der Waals surface area (Å²) in [6.45, 7) is 2.49. The zero-order valence-corrected chi connectivity index (χ0v) is 9.72. The first-order valence-corrected chi connectivity index (χ1v) is 6.01. The van der Waals surface area contributed by atoms with Gasteiger partial charge in [-0.15, -0.1) is 0 Å². The third-order valence-electron chi connectivity index (χ3n) is 2.14. The summed E-state index contributed by atoms with van der Waals surface area (Å²) in [5, 5.41) is 0.0235. The lowest BCUT2D eigenvalue weighted by Gasteiger charge is -2.10. The maximum Gasteiger partial charge on any atom is 0.123 e. The molecule has 1 aromatic carbocycles. The van der Waals surface area contributed by atoms with Crippen molar-refractivity contribution in [2.24, 2.45) is 0 Å². The second-order valence-electron chi connectivity index (χ2n) is 3.34. The molecule has 0 aliphatic heterocycles. The molecular weight excluding hydrogens is 215 g/mol. The van der Waals surface area contributed by atoms with Gasteiger partial charge in [0.05, 0.1) is 10.8 Å². The average Bonchev–Trinajstić information content (AvgIpc) is 2.26. The summed E-state index contributed by atoms with van der Waals surface area (Å²) in [7, 11) is 0.534. The van der Waals surface area contributed by atoms with Crippen LogP contribution in [0.2, 0.25) is 0 Å². The number of hydrogen-bond acceptors (Lipinski definition) is 2. The van der Waals surface area contributed by atoms with E-state index in [2.05, 4.69) is 0 Å². The Kier molecular flexibility index (Phi) is 4.91. The van der Waals surface area contributed by atoms with Crippen LogP contribution < -0.4 is 0 Å². The van der Waals surface area contributed by atoms with Crippen LogP contribution in [-0.2, 0) is 15.5 Å². The van der Waals surface area contributed by atoms with E-state index in [0.29, 0.717) is 11.5 Å². The summed E-state index contributed by atoms with van der Waals surface area (Å²) in [6, 6.07) is 5.79. The minimum atomic E-state index is -1.08. The van der Waals surface area contributed by atoms with Gasteiger partial charge in [-0.05, 0) is 30.7 Å². The van der Waals surface area contributed by atoms with E-state index < -0.39 is 10.8 Å². The largest absolute Gasteiger partial charge is 0.385 e. The Morgan fingerprint density at radius 3 is 2.53 bits per heavy atom. The van der Waals surface area contributed by atoms with Crippen LogP contribution in [0.25, 0.3) is 0 Å². The van der Waals surface area contributed by atoms with Gasteiger partial charge in [0.2, 0.25) is 0 Å². The molecule has 0 saturated heterocycles. The number of methoxy groups -OCH3 is 1. The third-order valence-corrected chi connectivity index (χ3v) is 3.84. The van der Waals surface area contributed by atoms with Crippen LogP contribution >= 0.6 is 0 Å². The maximum absolute atomic E-state index is 12.6. The Bertz CT molecular complexity index is 324. The molecule has 0 saturated carbocycles. The second-order valence-corrected chi connectivity index (χ2v) is 5.21. The van der Waals surface area contributed by atoms with Crippen molar-refractivity contribution in [3.8, 4) is 0 Å². The molecule has 2 unspecified atom stereocenters. The SMILES string of the molecule is COCCC(C)S(=O)c1ccc(F)cc1. The minimum Gasteiger partial charge on any atom is -0.385 e. The number of ether oxygens (including phenoxy) is 1. The first-order chi connectivity index (χ1) is 7.15. The normalized spacial score (nSPS) is 14.9. The molecule has 0 aromatic heterocycles. The van der Waals surface area contributed by atoms with Crippen molar-refractivity contribution < 1.29 is 13.3 Å². The van der Waals surface area contributed by atoms with Crippen LogP contribution in [-0.4, -0.2) is 23.2 Å². The van der Waals surface area contributed by atoms with Crippen LogP contribution in [0.4, 0.5) is 4.39 Å². The smallest absolute Gasteiger partial charge is 0.123 e. The summed E-state index contributed by atoms with van der Waals surface area (Å²) in [5.74, 6) is -0.305. The van der Waals surface area contributed by atoms with Crippen LogP contribution in [0.15, 0.2) is 29.2 Å².